The predicted molar refractivity (Wildman–Crippen MR) is 50.1 cm³/mol. The van der Waals surface area contributed by atoms with E-state index in [4.69, 9.17) is 23.2 Å². The Morgan fingerprint density at radius 1 is 0.800 bits per heavy atom. The minimum absolute atomic E-state index is 1.75. The van der Waals surface area contributed by atoms with Gasteiger partial charge in [-0.05, 0) is 0 Å². The van der Waals surface area contributed by atoms with Crippen LogP contribution < -0.4 is 4.65 Å². The normalized spacial score (nSPS) is 10.7. The number of benzene rings is 1. The van der Waals surface area contributed by atoms with E-state index in [9.17, 15) is 22.0 Å². The fourth-order valence-corrected chi connectivity index (χ4v) is 0.794. The number of hydrogen-bond donors (Lipinski definition) is 5. The van der Waals surface area contributed by atoms with Crippen molar-refractivity contribution in [2.75, 3.05) is 0 Å². The van der Waals surface area contributed by atoms with Crippen molar-refractivity contribution in [1.29, 1.82) is 0 Å². The van der Waals surface area contributed by atoms with Crippen molar-refractivity contribution in [2.45, 2.75) is 0 Å². The molecule has 0 aliphatic rings. The van der Waals surface area contributed by atoms with Gasteiger partial charge in [0.15, 0.2) is 5.75 Å². The summed E-state index contributed by atoms with van der Waals surface area (Å²) in [7, 11) is -2.70. The first kappa shape index (κ1) is 19.2. The van der Waals surface area contributed by atoms with Gasteiger partial charge in [0.25, 0.3) is 0 Å². The van der Waals surface area contributed by atoms with Gasteiger partial charge in [-0.2, -0.15) is 8.78 Å². The molecule has 0 radical (unpaired) electrons. The Morgan fingerprint density at radius 2 is 1.05 bits per heavy atom. The Hall–Kier alpha value is -0.847. The first-order chi connectivity index (χ1) is 8.86. The number of hydrogen-bond acceptors (Lipinski definition) is 4. The van der Waals surface area contributed by atoms with Gasteiger partial charge in [0.2, 0.25) is 29.1 Å². The zero-order valence-electron chi connectivity index (χ0n) is 8.97. The Kier molecular flexibility index (Phi) is 6.94. The molecule has 0 unspecified atom stereocenters. The maximum atomic E-state index is 12.7. The molecule has 114 valence electrons. The molecule has 14 heteroatoms. The van der Waals surface area contributed by atoms with Crippen LogP contribution in [0.5, 0.6) is 5.75 Å². The van der Waals surface area contributed by atoms with Crippen molar-refractivity contribution in [2.24, 2.45) is 0 Å². The van der Waals surface area contributed by atoms with E-state index in [2.05, 4.69) is 4.65 Å². The van der Waals surface area contributed by atoms with Crippen LogP contribution in [0.25, 0.3) is 0 Å². The molecule has 0 aliphatic carbocycles. The first-order valence-electron chi connectivity index (χ1n) is 4.18. The summed E-state index contributed by atoms with van der Waals surface area (Å²) in [6.07, 6.45) is 0. The van der Waals surface area contributed by atoms with Crippen LogP contribution >= 0.6 is 0 Å². The van der Waals surface area contributed by atoms with Gasteiger partial charge >= 0.3 is 40.5 Å². The fourth-order valence-electron chi connectivity index (χ4n) is 0.794. The Labute approximate surface area is 112 Å². The van der Waals surface area contributed by atoms with Crippen molar-refractivity contribution in [3.05, 3.63) is 29.1 Å². The van der Waals surface area contributed by atoms with E-state index in [0.29, 0.717) is 0 Å². The SMILES string of the molecule is OB(O)Oc1c(F)c(F)c(F)c(F)c1F.[O]=[Sb]([OH])([OH])[OH]. The second-order valence-corrected chi connectivity index (χ2v) is 5.79. The number of rotatable bonds is 2. The Morgan fingerprint density at radius 3 is 1.30 bits per heavy atom. The van der Waals surface area contributed by atoms with Crippen LogP contribution in [0.4, 0.5) is 22.0 Å². The third-order valence-corrected chi connectivity index (χ3v) is 1.39. The molecule has 5 N–H and O–H groups in total. The van der Waals surface area contributed by atoms with Gasteiger partial charge in [-0.15, -0.1) is 0 Å². The van der Waals surface area contributed by atoms with Crippen molar-refractivity contribution in [1.82, 2.24) is 0 Å². The fraction of sp³-hybridized carbons (Fsp3) is 0. The van der Waals surface area contributed by atoms with Crippen LogP contribution in [0.1, 0.15) is 0 Å². The van der Waals surface area contributed by atoms with E-state index >= 15 is 0 Å². The van der Waals surface area contributed by atoms with Crippen LogP contribution in [-0.4, -0.2) is 47.6 Å². The molecule has 0 bridgehead atoms. The van der Waals surface area contributed by atoms with E-state index in [1.54, 1.807) is 0 Å². The second kappa shape index (κ2) is 7.24. The molecule has 0 heterocycles. The monoisotopic (exact) mass is 416 g/mol. The molecule has 0 saturated heterocycles. The Balaban J connectivity index is 0.000000621. The molecular formula is C6H5BF5O7Sb. The van der Waals surface area contributed by atoms with Crippen molar-refractivity contribution >= 4 is 27.4 Å². The van der Waals surface area contributed by atoms with Crippen molar-refractivity contribution < 1.29 is 49.8 Å². The zero-order chi connectivity index (χ0) is 16.2. The molecule has 0 aliphatic heterocycles. The van der Waals surface area contributed by atoms with Gasteiger partial charge in [-0.3, -0.25) is 0 Å². The summed E-state index contributed by atoms with van der Waals surface area (Å²) in [4.78, 5) is 0. The van der Waals surface area contributed by atoms with E-state index < -0.39 is 62.2 Å². The average Bonchev–Trinajstić information content (AvgIpc) is 2.27. The van der Waals surface area contributed by atoms with Gasteiger partial charge in [0, 0.05) is 0 Å². The summed E-state index contributed by atoms with van der Waals surface area (Å²) in [5, 5.41) is 16.3. The molecule has 1 rings (SSSR count). The summed E-state index contributed by atoms with van der Waals surface area (Å²) < 4.78 is 97.1. The Bertz CT molecular complexity index is 498. The van der Waals surface area contributed by atoms with Gasteiger partial charge in [-0.25, -0.2) is 13.2 Å². The summed E-state index contributed by atoms with van der Waals surface area (Å²) >= 11 is -5.35. The van der Waals surface area contributed by atoms with E-state index in [1.165, 1.54) is 0 Å². The zero-order valence-corrected chi connectivity index (χ0v) is 11.5. The minimum atomic E-state index is -5.35. The van der Waals surface area contributed by atoms with Crippen molar-refractivity contribution in [3.8, 4) is 5.75 Å². The molecule has 20 heavy (non-hydrogen) atoms. The molecule has 0 fully saturated rings. The molecule has 7 nitrogen and oxygen atoms in total. The van der Waals surface area contributed by atoms with Crippen molar-refractivity contribution in [3.63, 3.8) is 0 Å². The quantitative estimate of drug-likeness (QED) is 0.173. The molecule has 0 atom stereocenters. The van der Waals surface area contributed by atoms with E-state index in [1.807, 2.05) is 0 Å². The van der Waals surface area contributed by atoms with Crippen LogP contribution in [0.2, 0.25) is 0 Å². The molecule has 0 aromatic heterocycles. The summed E-state index contributed by atoms with van der Waals surface area (Å²) in [5.74, 6) is -13.1. The van der Waals surface area contributed by atoms with Gasteiger partial charge < -0.3 is 14.7 Å². The van der Waals surface area contributed by atoms with Gasteiger partial charge in [0.05, 0.1) is 0 Å². The third kappa shape index (κ3) is 6.07. The van der Waals surface area contributed by atoms with Crippen LogP contribution in [0.3, 0.4) is 0 Å². The first-order valence-corrected chi connectivity index (χ1v) is 8.65. The summed E-state index contributed by atoms with van der Waals surface area (Å²) in [6.45, 7) is 0. The van der Waals surface area contributed by atoms with Gasteiger partial charge in [0.1, 0.15) is 0 Å². The summed E-state index contributed by atoms with van der Waals surface area (Å²) in [6, 6.07) is 0. The standard InChI is InChI=1S/C6H2BF5O3.3H2O.O.Sb/c8-1-2(9)4(11)6(15-7(13)14)5(12)3(1)10;;;;;/h13-14H;3*1H2;;/q;;;;;+3/p-3. The molecular weight excluding hydrogens is 412 g/mol. The average molecular weight is 417 g/mol. The molecule has 0 amide bonds. The van der Waals surface area contributed by atoms with Crippen LogP contribution in [-0.2, 0) is 3.02 Å². The van der Waals surface area contributed by atoms with Crippen LogP contribution in [0, 0.1) is 29.1 Å². The molecule has 1 aromatic carbocycles. The second-order valence-electron chi connectivity index (χ2n) is 2.86. The maximum absolute atomic E-state index is 12.7. The van der Waals surface area contributed by atoms with E-state index in [-0.39, 0.29) is 0 Å². The van der Waals surface area contributed by atoms with Gasteiger partial charge in [-0.1, -0.05) is 0 Å². The predicted octanol–water partition coefficient (Wildman–Crippen LogP) is -1.44. The topological polar surface area (TPSA) is 127 Å². The summed E-state index contributed by atoms with van der Waals surface area (Å²) in [5.41, 5.74) is 0. The van der Waals surface area contributed by atoms with E-state index in [0.717, 1.165) is 0 Å². The molecule has 0 spiro atoms. The molecule has 0 saturated carbocycles. The number of halogens is 5. The van der Waals surface area contributed by atoms with Crippen LogP contribution in [0.15, 0.2) is 0 Å². The molecule has 1 aromatic rings. The third-order valence-electron chi connectivity index (χ3n) is 1.39.